The van der Waals surface area contributed by atoms with E-state index < -0.39 is 58.2 Å². The third-order valence-corrected chi connectivity index (χ3v) is 9.58. The molecular weight excluding hydrogens is 456 g/mol. The van der Waals surface area contributed by atoms with Crippen molar-refractivity contribution in [2.45, 2.75) is 89.3 Å². The summed E-state index contributed by atoms with van der Waals surface area (Å²) in [5.74, 6) is -2.41. The lowest BCUT2D eigenvalue weighted by molar-refractivity contribution is -0.323. The monoisotopic (exact) mass is 490 g/mol. The van der Waals surface area contributed by atoms with E-state index in [2.05, 4.69) is 6.92 Å². The number of cyclic esters (lactones) is 2. The lowest BCUT2D eigenvalue weighted by Gasteiger charge is -2.67. The van der Waals surface area contributed by atoms with Gasteiger partial charge >= 0.3 is 17.9 Å². The van der Waals surface area contributed by atoms with Gasteiger partial charge in [0, 0.05) is 22.3 Å². The summed E-state index contributed by atoms with van der Waals surface area (Å²) in [7, 11) is 1.23. The molecule has 5 rings (SSSR count). The van der Waals surface area contributed by atoms with Gasteiger partial charge in [-0.3, -0.25) is 9.59 Å². The minimum absolute atomic E-state index is 0.0376. The zero-order chi connectivity index (χ0) is 25.4. The van der Waals surface area contributed by atoms with Gasteiger partial charge < -0.3 is 28.5 Å². The van der Waals surface area contributed by atoms with Crippen LogP contribution in [0.1, 0.15) is 71.5 Å². The van der Waals surface area contributed by atoms with E-state index in [0.717, 1.165) is 12.0 Å². The first-order valence-electron chi connectivity index (χ1n) is 12.2. The summed E-state index contributed by atoms with van der Waals surface area (Å²) in [4.78, 5) is 38.4. The van der Waals surface area contributed by atoms with Crippen LogP contribution in [0, 0.1) is 22.7 Å². The van der Waals surface area contributed by atoms with Crippen molar-refractivity contribution in [1.29, 1.82) is 0 Å². The van der Waals surface area contributed by atoms with Gasteiger partial charge in [-0.15, -0.1) is 0 Å². The Morgan fingerprint density at radius 1 is 1.20 bits per heavy atom. The second kappa shape index (κ2) is 7.80. The van der Waals surface area contributed by atoms with Gasteiger partial charge in [0.15, 0.2) is 6.10 Å². The number of carbonyl (C=O) groups excluding carboxylic acids is 3. The van der Waals surface area contributed by atoms with Crippen LogP contribution in [-0.2, 0) is 33.3 Å². The Morgan fingerprint density at radius 2 is 1.94 bits per heavy atom. The predicted octanol–water partition coefficient (Wildman–Crippen LogP) is 3.09. The first-order chi connectivity index (χ1) is 16.4. The zero-order valence-corrected chi connectivity index (χ0v) is 20.9. The van der Waals surface area contributed by atoms with Gasteiger partial charge in [0.05, 0.1) is 44.2 Å². The summed E-state index contributed by atoms with van der Waals surface area (Å²) in [6, 6.07) is 1.80. The molecule has 1 aromatic rings. The Bertz CT molecular complexity index is 1030. The van der Waals surface area contributed by atoms with Gasteiger partial charge in [-0.05, 0) is 45.1 Å². The standard InChI is InChI=1S/C26H34O9/c1-23(2)20(19(29)22(30)31-5)25(4)15-6-8-24(3)21(14-7-9-32-13-14)33-18(28)12-26(24,11-15)34-16(25)10-17(27)35-23/h7,9,13,15-16,19-21,29H,6,8,10-12H2,1-5H3/t15?,16?,19?,20?,21-,24-,25?,26?/m0/s1. The highest BCUT2D eigenvalue weighted by Gasteiger charge is 2.72. The quantitative estimate of drug-likeness (QED) is 0.503. The molecule has 0 amide bonds. The number of carbonyl (C=O) groups is 3. The lowest BCUT2D eigenvalue weighted by Crippen LogP contribution is -2.70. The van der Waals surface area contributed by atoms with Crippen LogP contribution in [-0.4, -0.2) is 53.5 Å². The van der Waals surface area contributed by atoms with Gasteiger partial charge in [-0.2, -0.15) is 0 Å². The molecule has 1 N–H and O–H groups in total. The van der Waals surface area contributed by atoms with Crippen LogP contribution in [0.5, 0.6) is 0 Å². The second-order valence-electron chi connectivity index (χ2n) is 11.7. The molecule has 35 heavy (non-hydrogen) atoms. The molecule has 0 radical (unpaired) electrons. The summed E-state index contributed by atoms with van der Waals surface area (Å²) in [6.45, 7) is 7.50. The van der Waals surface area contributed by atoms with Crippen LogP contribution in [0.25, 0.3) is 0 Å². The molecule has 8 atom stereocenters. The average molecular weight is 491 g/mol. The zero-order valence-electron chi connectivity index (χ0n) is 20.9. The van der Waals surface area contributed by atoms with Crippen LogP contribution in [0.15, 0.2) is 23.0 Å². The fourth-order valence-corrected chi connectivity index (χ4v) is 7.88. The summed E-state index contributed by atoms with van der Waals surface area (Å²) < 4.78 is 28.7. The highest BCUT2D eigenvalue weighted by atomic mass is 16.6. The lowest BCUT2D eigenvalue weighted by atomic mass is 9.46. The number of furan rings is 1. The Kier molecular flexibility index (Phi) is 5.42. The maximum absolute atomic E-state index is 13.0. The number of aliphatic hydroxyl groups is 1. The SMILES string of the molecule is COC(=O)C(O)C1C(C)(C)OC(=O)CC2OC34CC(=O)O[C@@H](c5ccoc5)[C@]3(C)CCC(C4)C21C. The number of methoxy groups -OCH3 is 1. The number of ether oxygens (including phenoxy) is 4. The summed E-state index contributed by atoms with van der Waals surface area (Å²) in [5, 5.41) is 11.2. The van der Waals surface area contributed by atoms with E-state index in [-0.39, 0.29) is 24.7 Å². The smallest absolute Gasteiger partial charge is 0.335 e. The van der Waals surface area contributed by atoms with E-state index in [4.69, 9.17) is 23.4 Å². The summed E-state index contributed by atoms with van der Waals surface area (Å²) in [5.41, 5.74) is -2.58. The molecule has 1 aliphatic carbocycles. The van der Waals surface area contributed by atoms with Crippen LogP contribution in [0.4, 0.5) is 0 Å². The van der Waals surface area contributed by atoms with Gasteiger partial charge in [0.2, 0.25) is 0 Å². The van der Waals surface area contributed by atoms with E-state index in [0.29, 0.717) is 12.8 Å². The van der Waals surface area contributed by atoms with Crippen LogP contribution < -0.4 is 0 Å². The fraction of sp³-hybridized carbons (Fsp3) is 0.731. The maximum Gasteiger partial charge on any atom is 0.335 e. The molecule has 0 aromatic carbocycles. The molecule has 6 unspecified atom stereocenters. The topological polar surface area (TPSA) is 122 Å². The maximum atomic E-state index is 13.0. The second-order valence-corrected chi connectivity index (χ2v) is 11.7. The van der Waals surface area contributed by atoms with Gasteiger partial charge in [0.1, 0.15) is 11.7 Å². The van der Waals surface area contributed by atoms with Crippen molar-refractivity contribution in [2.24, 2.45) is 22.7 Å². The third-order valence-electron chi connectivity index (χ3n) is 9.58. The minimum Gasteiger partial charge on any atom is -0.472 e. The van der Waals surface area contributed by atoms with Gasteiger partial charge in [-0.25, -0.2) is 4.79 Å². The number of hydrogen-bond acceptors (Lipinski definition) is 9. The highest BCUT2D eigenvalue weighted by Crippen LogP contribution is 2.69. The molecule has 4 heterocycles. The Balaban J connectivity index is 1.62. The molecule has 3 saturated heterocycles. The van der Waals surface area contributed by atoms with E-state index in [1.807, 2.05) is 6.92 Å². The number of rotatable bonds is 3. The van der Waals surface area contributed by atoms with Gasteiger partial charge in [-0.1, -0.05) is 13.8 Å². The minimum atomic E-state index is -1.51. The number of esters is 3. The third kappa shape index (κ3) is 3.30. The van der Waals surface area contributed by atoms with Gasteiger partial charge in [0.25, 0.3) is 0 Å². The first-order valence-corrected chi connectivity index (χ1v) is 12.2. The Morgan fingerprint density at radius 3 is 2.60 bits per heavy atom. The molecule has 2 bridgehead atoms. The molecule has 1 aromatic heterocycles. The normalized spacial score (nSPS) is 43.0. The van der Waals surface area contributed by atoms with Crippen molar-refractivity contribution in [3.05, 3.63) is 24.2 Å². The molecular formula is C26H34O9. The Labute approximate surface area is 204 Å². The van der Waals surface area contributed by atoms with E-state index in [1.54, 1.807) is 32.4 Å². The molecule has 4 aliphatic rings. The van der Waals surface area contributed by atoms with Crippen molar-refractivity contribution in [3.8, 4) is 0 Å². The Hall–Kier alpha value is -2.39. The highest BCUT2D eigenvalue weighted by molar-refractivity contribution is 5.76. The van der Waals surface area contributed by atoms with Crippen LogP contribution in [0.3, 0.4) is 0 Å². The average Bonchev–Trinajstić information content (AvgIpc) is 3.28. The van der Waals surface area contributed by atoms with E-state index in [9.17, 15) is 19.5 Å². The molecule has 1 saturated carbocycles. The predicted molar refractivity (Wildman–Crippen MR) is 120 cm³/mol. The molecule has 9 nitrogen and oxygen atoms in total. The van der Waals surface area contributed by atoms with Crippen molar-refractivity contribution < 1.29 is 42.9 Å². The first kappa shape index (κ1) is 24.3. The van der Waals surface area contributed by atoms with Crippen molar-refractivity contribution in [1.82, 2.24) is 0 Å². The molecule has 3 aliphatic heterocycles. The largest absolute Gasteiger partial charge is 0.472 e. The number of hydrogen-bond donors (Lipinski definition) is 1. The fourth-order valence-electron chi connectivity index (χ4n) is 7.88. The van der Waals surface area contributed by atoms with Crippen LogP contribution in [0.2, 0.25) is 0 Å². The molecule has 4 fully saturated rings. The van der Waals surface area contributed by atoms with Crippen molar-refractivity contribution in [3.63, 3.8) is 0 Å². The summed E-state index contributed by atoms with van der Waals surface area (Å²) >= 11 is 0. The molecule has 1 spiro atoms. The van der Waals surface area contributed by atoms with E-state index in [1.165, 1.54) is 7.11 Å². The number of fused-ring (bicyclic) bond motifs is 3. The molecule has 192 valence electrons. The van der Waals surface area contributed by atoms with Crippen molar-refractivity contribution >= 4 is 17.9 Å². The summed E-state index contributed by atoms with van der Waals surface area (Å²) in [6.07, 6.45) is 2.44. The number of aliphatic hydroxyl groups excluding tert-OH is 1. The van der Waals surface area contributed by atoms with Crippen LogP contribution >= 0.6 is 0 Å². The molecule has 9 heteroatoms. The van der Waals surface area contributed by atoms with E-state index >= 15 is 0 Å². The van der Waals surface area contributed by atoms with Crippen molar-refractivity contribution in [2.75, 3.05) is 7.11 Å².